The minimum absolute atomic E-state index is 0.204. The topological polar surface area (TPSA) is 73.3 Å². The van der Waals surface area contributed by atoms with Crippen LogP contribution in [0.3, 0.4) is 0 Å². The van der Waals surface area contributed by atoms with Gasteiger partial charge in [0.25, 0.3) is 5.91 Å². The third kappa shape index (κ3) is 4.78. The Morgan fingerprint density at radius 2 is 1.56 bits per heavy atom. The van der Waals surface area contributed by atoms with Gasteiger partial charge >= 0.3 is 0 Å². The van der Waals surface area contributed by atoms with E-state index in [4.69, 9.17) is 9.47 Å². The minimum Gasteiger partial charge on any atom is -0.497 e. The molecule has 0 aliphatic rings. The van der Waals surface area contributed by atoms with Crippen molar-refractivity contribution < 1.29 is 14.3 Å². The van der Waals surface area contributed by atoms with Gasteiger partial charge in [-0.2, -0.15) is 0 Å². The van der Waals surface area contributed by atoms with Crippen LogP contribution >= 0.6 is 11.3 Å². The summed E-state index contributed by atoms with van der Waals surface area (Å²) in [5.41, 5.74) is 4.62. The van der Waals surface area contributed by atoms with Gasteiger partial charge in [-0.3, -0.25) is 10.1 Å². The number of carbonyl (C=O) groups is 1. The molecule has 4 aromatic rings. The molecule has 1 N–H and O–H groups in total. The summed E-state index contributed by atoms with van der Waals surface area (Å²) in [5, 5.41) is 12.5. The summed E-state index contributed by atoms with van der Waals surface area (Å²) < 4.78 is 10.4. The van der Waals surface area contributed by atoms with Crippen LogP contribution in [0.4, 0.5) is 5.13 Å². The second-order valence-corrected chi connectivity index (χ2v) is 8.25. The lowest BCUT2D eigenvalue weighted by atomic mass is 9.96. The fourth-order valence-corrected chi connectivity index (χ4v) is 4.19. The summed E-state index contributed by atoms with van der Waals surface area (Å²) in [5.74, 6) is 1.40. The van der Waals surface area contributed by atoms with Crippen molar-refractivity contribution in [1.82, 2.24) is 10.2 Å². The largest absolute Gasteiger partial charge is 0.497 e. The Balaban J connectivity index is 1.48. The normalized spacial score (nSPS) is 10.6. The lowest BCUT2D eigenvalue weighted by molar-refractivity contribution is 0.102. The first-order valence-electron chi connectivity index (χ1n) is 10.1. The third-order valence-electron chi connectivity index (χ3n) is 5.18. The molecule has 3 aromatic carbocycles. The number of ether oxygens (including phenoxy) is 2. The highest BCUT2D eigenvalue weighted by atomic mass is 32.1. The monoisotopic (exact) mass is 445 g/mol. The first-order valence-corrected chi connectivity index (χ1v) is 10.9. The van der Waals surface area contributed by atoms with Crippen LogP contribution in [0.1, 0.15) is 26.5 Å². The number of hydrogen-bond acceptors (Lipinski definition) is 6. The Morgan fingerprint density at radius 3 is 2.22 bits per heavy atom. The molecule has 0 radical (unpaired) electrons. The number of aromatic nitrogens is 2. The zero-order chi connectivity index (χ0) is 22.5. The number of nitrogens with zero attached hydrogens (tertiary/aromatic N) is 2. The predicted octanol–water partition coefficient (Wildman–Crippen LogP) is 5.37. The zero-order valence-corrected chi connectivity index (χ0v) is 18.9. The van der Waals surface area contributed by atoms with Crippen LogP contribution in [0.25, 0.3) is 11.1 Å². The van der Waals surface area contributed by atoms with E-state index >= 15 is 0 Å². The number of nitrogens with one attached hydrogen (secondary N) is 1. The molecule has 7 heteroatoms. The molecule has 0 aliphatic carbocycles. The summed E-state index contributed by atoms with van der Waals surface area (Å²) in [4.78, 5) is 13.0. The molecule has 1 heterocycles. The van der Waals surface area contributed by atoms with Crippen LogP contribution in [-0.4, -0.2) is 30.3 Å². The maximum absolute atomic E-state index is 13.0. The Labute approximate surface area is 190 Å². The van der Waals surface area contributed by atoms with Gasteiger partial charge in [0, 0.05) is 12.0 Å². The summed E-state index contributed by atoms with van der Waals surface area (Å²) in [6, 6.07) is 21.3. The van der Waals surface area contributed by atoms with E-state index < -0.39 is 0 Å². The molecule has 0 fully saturated rings. The van der Waals surface area contributed by atoms with Crippen LogP contribution in [0, 0.1) is 6.92 Å². The Morgan fingerprint density at radius 1 is 0.906 bits per heavy atom. The number of hydrogen-bond donors (Lipinski definition) is 1. The summed E-state index contributed by atoms with van der Waals surface area (Å²) in [6.45, 7) is 1.95. The zero-order valence-electron chi connectivity index (χ0n) is 18.1. The number of rotatable bonds is 7. The third-order valence-corrected chi connectivity index (χ3v) is 6.02. The maximum atomic E-state index is 13.0. The Kier molecular flexibility index (Phi) is 6.47. The lowest BCUT2D eigenvalue weighted by Crippen LogP contribution is -2.13. The van der Waals surface area contributed by atoms with Crippen molar-refractivity contribution in [3.05, 3.63) is 88.4 Å². The Hall–Kier alpha value is -3.71. The van der Waals surface area contributed by atoms with Crippen molar-refractivity contribution in [2.24, 2.45) is 0 Å². The van der Waals surface area contributed by atoms with Crippen LogP contribution in [0.5, 0.6) is 11.5 Å². The van der Waals surface area contributed by atoms with Crippen molar-refractivity contribution in [2.45, 2.75) is 13.3 Å². The highest BCUT2D eigenvalue weighted by Gasteiger charge is 2.15. The standard InChI is InChI=1S/C25H23N3O3S/c1-16-21(18-9-13-20(31-3)14-10-18)5-4-6-22(16)24(29)26-25-28-27-23(32-25)15-17-7-11-19(30-2)12-8-17/h4-14H,15H2,1-3H3,(H,26,28,29). The van der Waals surface area contributed by atoms with Gasteiger partial charge in [-0.1, -0.05) is 47.7 Å². The van der Waals surface area contributed by atoms with E-state index in [9.17, 15) is 4.79 Å². The van der Waals surface area contributed by atoms with Crippen LogP contribution < -0.4 is 14.8 Å². The molecule has 0 bridgehead atoms. The number of carbonyl (C=O) groups excluding carboxylic acids is 1. The summed E-state index contributed by atoms with van der Waals surface area (Å²) >= 11 is 1.37. The molecule has 1 amide bonds. The van der Waals surface area contributed by atoms with Crippen molar-refractivity contribution in [3.63, 3.8) is 0 Å². The molecule has 6 nitrogen and oxygen atoms in total. The van der Waals surface area contributed by atoms with E-state index in [1.807, 2.05) is 73.7 Å². The molecule has 0 saturated heterocycles. The first kappa shape index (κ1) is 21.5. The van der Waals surface area contributed by atoms with Crippen molar-refractivity contribution in [2.75, 3.05) is 19.5 Å². The van der Waals surface area contributed by atoms with Crippen molar-refractivity contribution in [3.8, 4) is 22.6 Å². The smallest absolute Gasteiger partial charge is 0.257 e. The number of methoxy groups -OCH3 is 2. The SMILES string of the molecule is COc1ccc(Cc2nnc(NC(=O)c3cccc(-c4ccc(OC)cc4)c3C)s2)cc1. The second kappa shape index (κ2) is 9.62. The van der Waals surface area contributed by atoms with Gasteiger partial charge in [-0.25, -0.2) is 0 Å². The van der Waals surface area contributed by atoms with E-state index in [-0.39, 0.29) is 5.91 Å². The molecule has 0 saturated carbocycles. The average molecular weight is 446 g/mol. The highest BCUT2D eigenvalue weighted by Crippen LogP contribution is 2.28. The van der Waals surface area contributed by atoms with Gasteiger partial charge in [0.15, 0.2) is 0 Å². The van der Waals surface area contributed by atoms with Gasteiger partial charge in [0.2, 0.25) is 5.13 Å². The van der Waals surface area contributed by atoms with Crippen LogP contribution in [-0.2, 0) is 6.42 Å². The van der Waals surface area contributed by atoms with Gasteiger partial charge < -0.3 is 9.47 Å². The summed E-state index contributed by atoms with van der Waals surface area (Å²) in [6.07, 6.45) is 0.642. The van der Waals surface area contributed by atoms with E-state index in [1.165, 1.54) is 11.3 Å². The molecule has 4 rings (SSSR count). The fraction of sp³-hybridized carbons (Fsp3) is 0.160. The van der Waals surface area contributed by atoms with Crippen LogP contribution in [0.2, 0.25) is 0 Å². The molecule has 0 unspecified atom stereocenters. The maximum Gasteiger partial charge on any atom is 0.257 e. The second-order valence-electron chi connectivity index (χ2n) is 7.19. The van der Waals surface area contributed by atoms with E-state index in [0.29, 0.717) is 17.1 Å². The number of amides is 1. The molecule has 1 aromatic heterocycles. The van der Waals surface area contributed by atoms with Gasteiger partial charge in [-0.05, 0) is 59.5 Å². The fourth-order valence-electron chi connectivity index (χ4n) is 3.42. The molecule has 32 heavy (non-hydrogen) atoms. The van der Waals surface area contributed by atoms with E-state index in [0.717, 1.165) is 38.8 Å². The molecule has 0 atom stereocenters. The molecular formula is C25H23N3O3S. The average Bonchev–Trinajstić information content (AvgIpc) is 3.26. The van der Waals surface area contributed by atoms with E-state index in [2.05, 4.69) is 15.5 Å². The molecule has 162 valence electrons. The first-order chi connectivity index (χ1) is 15.6. The minimum atomic E-state index is -0.204. The highest BCUT2D eigenvalue weighted by molar-refractivity contribution is 7.15. The molecule has 0 aliphatic heterocycles. The molecular weight excluding hydrogens is 422 g/mol. The van der Waals surface area contributed by atoms with Crippen molar-refractivity contribution in [1.29, 1.82) is 0 Å². The van der Waals surface area contributed by atoms with Crippen LogP contribution in [0.15, 0.2) is 66.7 Å². The van der Waals surface area contributed by atoms with Gasteiger partial charge in [-0.15, -0.1) is 10.2 Å². The van der Waals surface area contributed by atoms with E-state index in [1.54, 1.807) is 14.2 Å². The van der Waals surface area contributed by atoms with Crippen molar-refractivity contribution >= 4 is 22.4 Å². The van der Waals surface area contributed by atoms with Gasteiger partial charge in [0.05, 0.1) is 14.2 Å². The molecule has 0 spiro atoms. The predicted molar refractivity (Wildman–Crippen MR) is 127 cm³/mol. The Bertz CT molecular complexity index is 1220. The lowest BCUT2D eigenvalue weighted by Gasteiger charge is -2.11. The number of benzene rings is 3. The summed E-state index contributed by atoms with van der Waals surface area (Å²) in [7, 11) is 3.28. The van der Waals surface area contributed by atoms with Gasteiger partial charge in [0.1, 0.15) is 16.5 Å². The quantitative estimate of drug-likeness (QED) is 0.414. The number of anilines is 1.